The first kappa shape index (κ1) is 17.4. The van der Waals surface area contributed by atoms with Crippen molar-refractivity contribution in [2.75, 3.05) is 40.0 Å². The van der Waals surface area contributed by atoms with Gasteiger partial charge in [-0.3, -0.25) is 9.69 Å². The van der Waals surface area contributed by atoms with Gasteiger partial charge in [-0.05, 0) is 11.8 Å². The van der Waals surface area contributed by atoms with Crippen LogP contribution in [0.4, 0.5) is 0 Å². The molecule has 0 aliphatic carbocycles. The second-order valence-electron chi connectivity index (χ2n) is 5.48. The van der Waals surface area contributed by atoms with Gasteiger partial charge in [-0.2, -0.15) is 0 Å². The minimum atomic E-state index is -0.125. The van der Waals surface area contributed by atoms with E-state index in [0.29, 0.717) is 12.3 Å². The molecule has 1 fully saturated rings. The highest BCUT2D eigenvalue weighted by molar-refractivity contribution is 5.69. The highest BCUT2D eigenvalue weighted by atomic mass is 16.5. The molecule has 1 saturated heterocycles. The highest BCUT2D eigenvalue weighted by Gasteiger charge is 2.10. The van der Waals surface area contributed by atoms with Crippen LogP contribution in [0, 0.1) is 11.8 Å². The molecule has 1 rings (SSSR count). The summed E-state index contributed by atoms with van der Waals surface area (Å²) >= 11 is 0. The fraction of sp³-hybridized carbons (Fsp3) is 0.929. The molecule has 0 atom stereocenters. The highest BCUT2D eigenvalue weighted by Crippen LogP contribution is 2.01. The van der Waals surface area contributed by atoms with Crippen molar-refractivity contribution in [3.8, 4) is 0 Å². The van der Waals surface area contributed by atoms with Gasteiger partial charge in [0.05, 0.1) is 20.3 Å². The lowest BCUT2D eigenvalue weighted by molar-refractivity contribution is -0.141. The zero-order chi connectivity index (χ0) is 14.0. The summed E-state index contributed by atoms with van der Waals surface area (Å²) in [6, 6.07) is 0. The van der Waals surface area contributed by atoms with Gasteiger partial charge in [-0.25, -0.2) is 0 Å². The summed E-state index contributed by atoms with van der Waals surface area (Å²) in [7, 11) is 1.41. The van der Waals surface area contributed by atoms with Crippen molar-refractivity contribution in [1.29, 1.82) is 0 Å². The second kappa shape index (κ2) is 10.3. The molecular weight excluding hydrogens is 230 g/mol. The predicted molar refractivity (Wildman–Crippen MR) is 73.6 cm³/mol. The lowest BCUT2D eigenvalue weighted by Crippen LogP contribution is -2.38. The van der Waals surface area contributed by atoms with Gasteiger partial charge in [0.25, 0.3) is 0 Å². The Morgan fingerprint density at radius 3 is 2.06 bits per heavy atom. The van der Waals surface area contributed by atoms with E-state index in [2.05, 4.69) is 23.5 Å². The summed E-state index contributed by atoms with van der Waals surface area (Å²) < 4.78 is 9.66. The van der Waals surface area contributed by atoms with Crippen LogP contribution in [0.2, 0.25) is 0 Å². The van der Waals surface area contributed by atoms with Crippen molar-refractivity contribution in [2.24, 2.45) is 11.8 Å². The summed E-state index contributed by atoms with van der Waals surface area (Å²) in [5.74, 6) is 1.07. The number of hydrogen-bond donors (Lipinski definition) is 0. The molecular formula is C14H29NO3. The number of esters is 1. The summed E-state index contributed by atoms with van der Waals surface area (Å²) in [4.78, 5) is 12.9. The quantitative estimate of drug-likeness (QED) is 0.725. The maximum absolute atomic E-state index is 10.4. The van der Waals surface area contributed by atoms with Crippen molar-refractivity contribution in [2.45, 2.75) is 34.1 Å². The molecule has 1 heterocycles. The van der Waals surface area contributed by atoms with E-state index in [1.54, 1.807) is 0 Å². The van der Waals surface area contributed by atoms with Gasteiger partial charge in [0.1, 0.15) is 0 Å². The lowest BCUT2D eigenvalue weighted by atomic mass is 10.1. The Balaban J connectivity index is 0.000000331. The molecule has 0 aromatic rings. The molecule has 4 nitrogen and oxygen atoms in total. The van der Waals surface area contributed by atoms with Gasteiger partial charge >= 0.3 is 5.97 Å². The maximum atomic E-state index is 10.4. The van der Waals surface area contributed by atoms with Crippen LogP contribution in [0.15, 0.2) is 0 Å². The molecule has 18 heavy (non-hydrogen) atoms. The van der Waals surface area contributed by atoms with E-state index in [-0.39, 0.29) is 5.97 Å². The van der Waals surface area contributed by atoms with Crippen molar-refractivity contribution >= 4 is 5.97 Å². The normalized spacial score (nSPS) is 16.4. The van der Waals surface area contributed by atoms with E-state index in [9.17, 15) is 4.79 Å². The fourth-order valence-corrected chi connectivity index (χ4v) is 1.72. The first-order chi connectivity index (χ1) is 8.45. The molecule has 0 amide bonds. The molecule has 0 radical (unpaired) electrons. The van der Waals surface area contributed by atoms with E-state index >= 15 is 0 Å². The molecule has 0 aromatic heterocycles. The summed E-state index contributed by atoms with van der Waals surface area (Å²) in [6.07, 6.45) is 0.524. The molecule has 0 unspecified atom stereocenters. The fourth-order valence-electron chi connectivity index (χ4n) is 1.72. The van der Waals surface area contributed by atoms with Crippen molar-refractivity contribution in [3.05, 3.63) is 0 Å². The maximum Gasteiger partial charge on any atom is 0.305 e. The van der Waals surface area contributed by atoms with E-state index in [1.165, 1.54) is 13.7 Å². The number of rotatable bonds is 4. The third-order valence-corrected chi connectivity index (χ3v) is 2.53. The van der Waals surface area contributed by atoms with Gasteiger partial charge in [0, 0.05) is 26.1 Å². The van der Waals surface area contributed by atoms with Crippen LogP contribution in [0.1, 0.15) is 34.1 Å². The van der Waals surface area contributed by atoms with E-state index in [0.717, 1.165) is 32.2 Å². The number of nitrogens with zero attached hydrogens (tertiary/aromatic N) is 1. The first-order valence-corrected chi connectivity index (χ1v) is 6.82. The molecule has 0 bridgehead atoms. The number of methoxy groups -OCH3 is 1. The average molecular weight is 259 g/mol. The van der Waals surface area contributed by atoms with Crippen LogP contribution in [-0.2, 0) is 14.3 Å². The number of hydrogen-bond acceptors (Lipinski definition) is 4. The van der Waals surface area contributed by atoms with Gasteiger partial charge in [0.15, 0.2) is 0 Å². The van der Waals surface area contributed by atoms with Crippen LogP contribution >= 0.6 is 0 Å². The molecule has 1 aliphatic rings. The molecule has 108 valence electrons. The van der Waals surface area contributed by atoms with Gasteiger partial charge in [-0.15, -0.1) is 0 Å². The predicted octanol–water partition coefficient (Wildman–Crippen LogP) is 2.18. The Morgan fingerprint density at radius 1 is 1.17 bits per heavy atom. The molecule has 4 heteroatoms. The smallest absolute Gasteiger partial charge is 0.305 e. The minimum Gasteiger partial charge on any atom is -0.469 e. The van der Waals surface area contributed by atoms with Crippen LogP contribution in [0.3, 0.4) is 0 Å². The van der Waals surface area contributed by atoms with Crippen LogP contribution in [0.5, 0.6) is 0 Å². The van der Waals surface area contributed by atoms with Gasteiger partial charge in [0.2, 0.25) is 0 Å². The minimum absolute atomic E-state index is 0.125. The standard InChI is InChI=1S/C8H17NO.C6H12O2/c1-8(2)7-9-3-5-10-6-4-9;1-5(2)4-6(7)8-3/h8H,3-7H2,1-2H3;5H,4H2,1-3H3. The first-order valence-electron chi connectivity index (χ1n) is 6.82. The largest absolute Gasteiger partial charge is 0.469 e. The molecule has 0 saturated carbocycles. The third kappa shape index (κ3) is 10.5. The Morgan fingerprint density at radius 2 is 1.72 bits per heavy atom. The van der Waals surface area contributed by atoms with Crippen molar-refractivity contribution < 1.29 is 14.3 Å². The Kier molecular flexibility index (Phi) is 9.98. The zero-order valence-electron chi connectivity index (χ0n) is 12.6. The SMILES string of the molecule is CC(C)CN1CCOCC1.COC(=O)CC(C)C. The topological polar surface area (TPSA) is 38.8 Å². The number of morpholine rings is 1. The molecule has 0 aromatic carbocycles. The number of ether oxygens (including phenoxy) is 2. The Labute approximate surface area is 112 Å². The second-order valence-corrected chi connectivity index (χ2v) is 5.48. The third-order valence-electron chi connectivity index (χ3n) is 2.53. The zero-order valence-corrected chi connectivity index (χ0v) is 12.6. The average Bonchev–Trinajstić information content (AvgIpc) is 2.29. The molecule has 0 N–H and O–H groups in total. The summed E-state index contributed by atoms with van der Waals surface area (Å²) in [5.41, 5.74) is 0. The number of carbonyl (C=O) groups is 1. The van der Waals surface area contributed by atoms with Crippen molar-refractivity contribution in [1.82, 2.24) is 4.90 Å². The van der Waals surface area contributed by atoms with Gasteiger partial charge < -0.3 is 9.47 Å². The van der Waals surface area contributed by atoms with E-state index in [1.807, 2.05) is 13.8 Å². The summed E-state index contributed by atoms with van der Waals surface area (Å²) in [6.45, 7) is 13.8. The van der Waals surface area contributed by atoms with Crippen LogP contribution in [0.25, 0.3) is 0 Å². The Hall–Kier alpha value is -0.610. The van der Waals surface area contributed by atoms with E-state index in [4.69, 9.17) is 4.74 Å². The lowest BCUT2D eigenvalue weighted by Gasteiger charge is -2.27. The van der Waals surface area contributed by atoms with Crippen molar-refractivity contribution in [3.63, 3.8) is 0 Å². The molecule has 1 aliphatic heterocycles. The summed E-state index contributed by atoms with van der Waals surface area (Å²) in [5, 5.41) is 0. The Bertz CT molecular complexity index is 211. The molecule has 0 spiro atoms. The van der Waals surface area contributed by atoms with Crippen LogP contribution in [-0.4, -0.2) is 50.8 Å². The monoisotopic (exact) mass is 259 g/mol. The van der Waals surface area contributed by atoms with Crippen LogP contribution < -0.4 is 0 Å². The van der Waals surface area contributed by atoms with Gasteiger partial charge in [-0.1, -0.05) is 27.7 Å². The number of carbonyl (C=O) groups excluding carboxylic acids is 1. The van der Waals surface area contributed by atoms with E-state index < -0.39 is 0 Å².